The fourth-order valence-corrected chi connectivity index (χ4v) is 4.51. The number of rotatable bonds is 13. The van der Waals surface area contributed by atoms with Crippen molar-refractivity contribution < 1.29 is 9.59 Å². The normalized spacial score (nSPS) is 19.7. The molecule has 0 aliphatic carbocycles. The molecule has 2 amide bonds. The number of nitrogens with one attached hydrogen (secondary N) is 2. The van der Waals surface area contributed by atoms with Crippen molar-refractivity contribution in [2.24, 2.45) is 5.73 Å². The van der Waals surface area contributed by atoms with Gasteiger partial charge >= 0.3 is 0 Å². The van der Waals surface area contributed by atoms with Crippen LogP contribution in [0.5, 0.6) is 0 Å². The Balaban J connectivity index is 0.00000385. The van der Waals surface area contributed by atoms with Gasteiger partial charge in [-0.3, -0.25) is 14.9 Å². The van der Waals surface area contributed by atoms with Crippen LogP contribution in [0.1, 0.15) is 56.9 Å². The maximum atomic E-state index is 11.9. The van der Waals surface area contributed by atoms with Crippen LogP contribution in [-0.2, 0) is 16.0 Å². The van der Waals surface area contributed by atoms with Crippen molar-refractivity contribution >= 4 is 29.9 Å². The molecule has 1 aromatic carbocycles. The average Bonchev–Trinajstić information content (AvgIpc) is 2.80. The van der Waals surface area contributed by atoms with Crippen molar-refractivity contribution in [3.8, 4) is 0 Å². The second kappa shape index (κ2) is 15.3. The highest BCUT2D eigenvalue weighted by Crippen LogP contribution is 2.16. The van der Waals surface area contributed by atoms with Crippen LogP contribution in [0.2, 0.25) is 0 Å². The molecule has 2 aliphatic rings. The van der Waals surface area contributed by atoms with Gasteiger partial charge in [0.1, 0.15) is 6.04 Å². The molecule has 1 aromatic rings. The Morgan fingerprint density at radius 2 is 1.48 bits per heavy atom. The Kier molecular flexibility index (Phi) is 12.8. The van der Waals surface area contributed by atoms with E-state index in [0.717, 1.165) is 38.3 Å². The average molecular weight is 480 g/mol. The number of carbonyl (C=O) groups excluding carboxylic acids is 2. The maximum Gasteiger partial charge on any atom is 0.249 e. The Hall–Kier alpha value is -1.67. The van der Waals surface area contributed by atoms with Crippen molar-refractivity contribution in [3.05, 3.63) is 29.8 Å². The van der Waals surface area contributed by atoms with Crippen LogP contribution in [-0.4, -0.2) is 73.5 Å². The molecule has 0 spiro atoms. The second-order valence-corrected chi connectivity index (χ2v) is 9.19. The van der Waals surface area contributed by atoms with Gasteiger partial charge in [0.05, 0.1) is 0 Å². The molecule has 0 saturated carbocycles. The van der Waals surface area contributed by atoms with Crippen LogP contribution in [0.25, 0.3) is 0 Å². The Morgan fingerprint density at radius 1 is 0.879 bits per heavy atom. The number of benzene rings is 1. The molecule has 1 unspecified atom stereocenters. The van der Waals surface area contributed by atoms with Gasteiger partial charge in [-0.05, 0) is 56.5 Å². The van der Waals surface area contributed by atoms with Crippen molar-refractivity contribution in [1.82, 2.24) is 15.1 Å². The minimum absolute atomic E-state index is 0. The first-order chi connectivity index (χ1) is 15.6. The summed E-state index contributed by atoms with van der Waals surface area (Å²) in [5.74, 6) is -0.412. The highest BCUT2D eigenvalue weighted by Gasteiger charge is 2.26. The van der Waals surface area contributed by atoms with Gasteiger partial charge in [0.2, 0.25) is 11.8 Å². The molecule has 2 heterocycles. The Bertz CT molecular complexity index is 707. The molecule has 0 aromatic heterocycles. The molecule has 4 N–H and O–H groups in total. The van der Waals surface area contributed by atoms with Crippen LogP contribution < -0.4 is 16.4 Å². The van der Waals surface area contributed by atoms with E-state index in [2.05, 4.69) is 32.6 Å². The number of hydrogen-bond acceptors (Lipinski definition) is 6. The van der Waals surface area contributed by atoms with Gasteiger partial charge in [-0.25, -0.2) is 0 Å². The first kappa shape index (κ1) is 27.6. The van der Waals surface area contributed by atoms with Crippen LogP contribution in [0.15, 0.2) is 24.3 Å². The van der Waals surface area contributed by atoms with Crippen LogP contribution in [0.3, 0.4) is 0 Å². The van der Waals surface area contributed by atoms with Crippen LogP contribution >= 0.6 is 12.4 Å². The third-order valence-electron chi connectivity index (χ3n) is 6.64. The molecule has 186 valence electrons. The van der Waals surface area contributed by atoms with Gasteiger partial charge in [-0.2, -0.15) is 0 Å². The number of unbranched alkanes of at least 4 members (excludes halogenated alkanes) is 5. The lowest BCUT2D eigenvalue weighted by Gasteiger charge is -2.34. The number of hydrogen-bond donors (Lipinski definition) is 3. The number of piperazine rings is 1. The Morgan fingerprint density at radius 3 is 2.12 bits per heavy atom. The molecule has 2 saturated heterocycles. The van der Waals surface area contributed by atoms with E-state index in [1.807, 2.05) is 12.1 Å². The van der Waals surface area contributed by atoms with Crippen molar-refractivity contribution in [2.75, 3.05) is 51.1 Å². The number of amides is 2. The minimum Gasteiger partial charge on any atom is -0.374 e. The number of nitrogens with zero attached hydrogens (tertiary/aromatic N) is 2. The smallest absolute Gasteiger partial charge is 0.249 e. The summed E-state index contributed by atoms with van der Waals surface area (Å²) in [4.78, 5) is 28.3. The monoisotopic (exact) mass is 479 g/mol. The zero-order valence-electron chi connectivity index (χ0n) is 19.9. The lowest BCUT2D eigenvalue weighted by molar-refractivity contribution is -0.133. The molecular weight excluding hydrogens is 438 g/mol. The van der Waals surface area contributed by atoms with E-state index in [9.17, 15) is 9.59 Å². The van der Waals surface area contributed by atoms with Gasteiger partial charge in [0.25, 0.3) is 0 Å². The number of carbonyl (C=O) groups is 2. The standard InChI is InChI=1S/C25H41N5O2.ClH/c26-14-5-3-1-2-4-6-15-29-17-19-30(20-18-29)16-13-21-7-9-22(10-8-21)27-23-11-12-24(31)28-25(23)32;/h7-10,23,27H,1-6,11-20,26H2,(H,28,31,32);1H. The summed E-state index contributed by atoms with van der Waals surface area (Å²) in [5, 5.41) is 5.63. The fraction of sp³-hybridized carbons (Fsp3) is 0.680. The van der Waals surface area contributed by atoms with E-state index >= 15 is 0 Å². The van der Waals surface area contributed by atoms with E-state index in [1.165, 1.54) is 63.7 Å². The fourth-order valence-electron chi connectivity index (χ4n) is 4.51. The van der Waals surface area contributed by atoms with E-state index in [0.29, 0.717) is 12.8 Å². The Labute approximate surface area is 205 Å². The lowest BCUT2D eigenvalue weighted by atomic mass is 10.1. The van der Waals surface area contributed by atoms with E-state index in [4.69, 9.17) is 5.73 Å². The van der Waals surface area contributed by atoms with Gasteiger partial charge in [-0.1, -0.05) is 37.8 Å². The maximum absolute atomic E-state index is 11.9. The molecule has 0 radical (unpaired) electrons. The molecule has 2 aliphatic heterocycles. The number of anilines is 1. The molecule has 3 rings (SSSR count). The highest BCUT2D eigenvalue weighted by molar-refractivity contribution is 6.01. The number of piperidine rings is 1. The van der Waals surface area contributed by atoms with Gasteiger partial charge < -0.3 is 20.9 Å². The topological polar surface area (TPSA) is 90.7 Å². The van der Waals surface area contributed by atoms with Gasteiger partial charge in [0.15, 0.2) is 0 Å². The lowest BCUT2D eigenvalue weighted by Crippen LogP contribution is -2.47. The van der Waals surface area contributed by atoms with E-state index in [1.54, 1.807) is 0 Å². The summed E-state index contributed by atoms with van der Waals surface area (Å²) >= 11 is 0. The van der Waals surface area contributed by atoms with Crippen LogP contribution in [0.4, 0.5) is 5.69 Å². The molecule has 1 atom stereocenters. The quantitative estimate of drug-likeness (QED) is 0.297. The summed E-state index contributed by atoms with van der Waals surface area (Å²) in [6.45, 7) is 7.85. The third-order valence-corrected chi connectivity index (χ3v) is 6.64. The molecule has 33 heavy (non-hydrogen) atoms. The van der Waals surface area contributed by atoms with Crippen LogP contribution in [0, 0.1) is 0 Å². The zero-order valence-corrected chi connectivity index (χ0v) is 20.7. The number of imide groups is 1. The molecule has 0 bridgehead atoms. The minimum atomic E-state index is -0.328. The van der Waals surface area contributed by atoms with Gasteiger partial charge in [-0.15, -0.1) is 12.4 Å². The SMILES string of the molecule is Cl.NCCCCCCCCN1CCN(CCc2ccc(NC3CCC(=O)NC3=O)cc2)CC1. The van der Waals surface area contributed by atoms with Crippen molar-refractivity contribution in [2.45, 2.75) is 63.8 Å². The van der Waals surface area contributed by atoms with Gasteiger partial charge in [0, 0.05) is 44.8 Å². The molecular formula is C25H42ClN5O2. The largest absolute Gasteiger partial charge is 0.374 e. The number of nitrogens with two attached hydrogens (primary N) is 1. The summed E-state index contributed by atoms with van der Waals surface area (Å²) < 4.78 is 0. The summed E-state index contributed by atoms with van der Waals surface area (Å²) in [6, 6.07) is 8.02. The summed E-state index contributed by atoms with van der Waals surface area (Å²) in [6.07, 6.45) is 9.79. The molecule has 7 nitrogen and oxygen atoms in total. The summed E-state index contributed by atoms with van der Waals surface area (Å²) in [5.41, 5.74) is 7.79. The predicted octanol–water partition coefficient (Wildman–Crippen LogP) is 2.78. The molecule has 8 heteroatoms. The second-order valence-electron chi connectivity index (χ2n) is 9.19. The third kappa shape index (κ3) is 10.0. The summed E-state index contributed by atoms with van der Waals surface area (Å²) in [7, 11) is 0. The first-order valence-corrected chi connectivity index (χ1v) is 12.5. The van der Waals surface area contributed by atoms with E-state index < -0.39 is 0 Å². The first-order valence-electron chi connectivity index (χ1n) is 12.5. The van der Waals surface area contributed by atoms with Crippen molar-refractivity contribution in [1.29, 1.82) is 0 Å². The predicted molar refractivity (Wildman–Crippen MR) is 137 cm³/mol. The molecule has 2 fully saturated rings. The van der Waals surface area contributed by atoms with E-state index in [-0.39, 0.29) is 30.3 Å². The van der Waals surface area contributed by atoms with Crippen molar-refractivity contribution in [3.63, 3.8) is 0 Å². The highest BCUT2D eigenvalue weighted by atomic mass is 35.5. The number of halogens is 1. The zero-order chi connectivity index (χ0) is 22.6.